The summed E-state index contributed by atoms with van der Waals surface area (Å²) in [6, 6.07) is 27.0. The van der Waals surface area contributed by atoms with E-state index in [0.717, 1.165) is 42.6 Å². The van der Waals surface area contributed by atoms with E-state index in [1.807, 2.05) is 20.8 Å². The van der Waals surface area contributed by atoms with Crippen LogP contribution in [0.15, 0.2) is 91.0 Å². The molecule has 0 radical (unpaired) electrons. The Labute approximate surface area is 406 Å². The minimum Gasteiger partial charge on any atom is -0.462 e. The van der Waals surface area contributed by atoms with Crippen molar-refractivity contribution in [2.24, 2.45) is 5.92 Å². The van der Waals surface area contributed by atoms with Gasteiger partial charge in [0, 0.05) is 30.1 Å². The van der Waals surface area contributed by atoms with Crippen LogP contribution in [0.4, 0.5) is 0 Å². The van der Waals surface area contributed by atoms with Crippen molar-refractivity contribution in [3.63, 3.8) is 0 Å². The van der Waals surface area contributed by atoms with E-state index in [2.05, 4.69) is 185 Å². The molecule has 1 heterocycles. The molecule has 366 valence electrons. The highest BCUT2D eigenvalue weighted by atomic mass is 31.1. The molecule has 0 aliphatic carbocycles. The summed E-state index contributed by atoms with van der Waals surface area (Å²) in [5.41, 5.74) is 3.69. The first-order valence-corrected chi connectivity index (χ1v) is 34.1. The zero-order valence-electron chi connectivity index (χ0n) is 43.9. The van der Waals surface area contributed by atoms with Crippen molar-refractivity contribution >= 4 is 55.9 Å². The topological polar surface area (TPSA) is 72.5 Å². The molecule has 1 saturated heterocycles. The summed E-state index contributed by atoms with van der Waals surface area (Å²) in [5.74, 6) is -1.01. The molecule has 7 nitrogen and oxygen atoms in total. The highest BCUT2D eigenvalue weighted by molar-refractivity contribution is 7.32. The first kappa shape index (κ1) is 56.1. The van der Waals surface area contributed by atoms with Crippen molar-refractivity contribution in [2.75, 3.05) is 19.9 Å². The zero-order valence-corrected chi connectivity index (χ0v) is 47.9. The third-order valence-electron chi connectivity index (χ3n) is 13.4. The molecule has 1 aliphatic rings. The number of carbonyl (C=O) groups is 1. The standard InChI is InChI=1S/C55H87O7PSi3/c1-41(43(3)61-66(54(7,8)9,46-29-20-18-21-30-46)47-31-22-19-23-32-47)34-35-49(62-65(16,17)53(4,5)6)51-48(59-55(10,11)60-51)33-26-28-45-40-44(27-24-25-37-63-57-12)39-42(2)50(45)52(56)58-36-38-64(13,14)15/h18-23,26,28-32,34-35,39-41,43,48-49,51,63H,24-25,27,33,36-38H2,1-17H3/b28-26+,35-34-/t41-,43-,48+,49?,51-/m0/s1. The molecule has 11 heteroatoms. The van der Waals surface area contributed by atoms with Crippen molar-refractivity contribution in [3.8, 4) is 0 Å². The third kappa shape index (κ3) is 15.5. The lowest BCUT2D eigenvalue weighted by Gasteiger charge is -2.45. The second kappa shape index (κ2) is 23.9. The van der Waals surface area contributed by atoms with Crippen LogP contribution in [0, 0.1) is 12.8 Å². The summed E-state index contributed by atoms with van der Waals surface area (Å²) >= 11 is 0. The highest BCUT2D eigenvalue weighted by Gasteiger charge is 2.52. The predicted octanol–water partition coefficient (Wildman–Crippen LogP) is 13.5. The van der Waals surface area contributed by atoms with Gasteiger partial charge in [0.15, 0.2) is 14.1 Å². The van der Waals surface area contributed by atoms with Gasteiger partial charge in [-0.05, 0) is 122 Å². The molecule has 0 amide bonds. The van der Waals surface area contributed by atoms with E-state index in [1.54, 1.807) is 7.11 Å². The first-order chi connectivity index (χ1) is 30.7. The molecule has 1 aliphatic heterocycles. The highest BCUT2D eigenvalue weighted by Crippen LogP contribution is 2.42. The summed E-state index contributed by atoms with van der Waals surface area (Å²) in [6.45, 7) is 36.3. The van der Waals surface area contributed by atoms with Gasteiger partial charge in [-0.25, -0.2) is 4.79 Å². The fourth-order valence-electron chi connectivity index (χ4n) is 8.50. The average Bonchev–Trinajstić information content (AvgIpc) is 3.53. The minimum absolute atomic E-state index is 0.0259. The van der Waals surface area contributed by atoms with Crippen LogP contribution < -0.4 is 10.4 Å². The van der Waals surface area contributed by atoms with Gasteiger partial charge in [0.25, 0.3) is 8.32 Å². The largest absolute Gasteiger partial charge is 0.462 e. The van der Waals surface area contributed by atoms with Crippen LogP contribution in [0.2, 0.25) is 48.9 Å². The van der Waals surface area contributed by atoms with Crippen LogP contribution >= 0.6 is 8.81 Å². The summed E-state index contributed by atoms with van der Waals surface area (Å²) in [7, 11) is -4.17. The third-order valence-corrected chi connectivity index (χ3v) is 25.6. The maximum atomic E-state index is 13.8. The number of unbranched alkanes of at least 4 members (excludes halogenated alkanes) is 1. The van der Waals surface area contributed by atoms with Crippen molar-refractivity contribution in [1.29, 1.82) is 0 Å². The predicted molar refractivity (Wildman–Crippen MR) is 289 cm³/mol. The molecule has 0 N–H and O–H groups in total. The molecule has 4 rings (SSSR count). The van der Waals surface area contributed by atoms with Gasteiger partial charge in [0.05, 0.1) is 24.4 Å². The van der Waals surface area contributed by atoms with Gasteiger partial charge in [-0.2, -0.15) is 0 Å². The molecule has 0 spiro atoms. The molecule has 6 atom stereocenters. The summed E-state index contributed by atoms with van der Waals surface area (Å²) in [5, 5.41) is 2.38. The van der Waals surface area contributed by atoms with Crippen molar-refractivity contribution < 1.29 is 32.4 Å². The van der Waals surface area contributed by atoms with Crippen LogP contribution in [-0.2, 0) is 34.0 Å². The van der Waals surface area contributed by atoms with E-state index in [1.165, 1.54) is 15.9 Å². The Kier molecular flexibility index (Phi) is 20.3. The molecular formula is C55H87O7PSi3. The van der Waals surface area contributed by atoms with Crippen LogP contribution in [0.5, 0.6) is 0 Å². The van der Waals surface area contributed by atoms with Crippen molar-refractivity contribution in [1.82, 2.24) is 0 Å². The van der Waals surface area contributed by atoms with Crippen LogP contribution in [-0.4, -0.2) is 80.8 Å². The molecule has 0 aromatic heterocycles. The molecule has 3 aromatic carbocycles. The van der Waals surface area contributed by atoms with E-state index >= 15 is 0 Å². The quantitative estimate of drug-likeness (QED) is 0.0308. The molecule has 2 unspecified atom stereocenters. The van der Waals surface area contributed by atoms with Gasteiger partial charge < -0.3 is 27.6 Å². The van der Waals surface area contributed by atoms with E-state index < -0.39 is 30.5 Å². The fraction of sp³-hybridized carbons (Fsp3) is 0.582. The second-order valence-corrected chi connectivity index (χ2v) is 38.6. The van der Waals surface area contributed by atoms with Crippen LogP contribution in [0.3, 0.4) is 0 Å². The number of hydrogen-bond donors (Lipinski definition) is 0. The van der Waals surface area contributed by atoms with E-state index in [4.69, 9.17) is 27.6 Å². The minimum atomic E-state index is -2.78. The number of rotatable bonds is 23. The van der Waals surface area contributed by atoms with E-state index in [9.17, 15) is 4.79 Å². The van der Waals surface area contributed by atoms with Crippen molar-refractivity contribution in [2.45, 2.75) is 181 Å². The van der Waals surface area contributed by atoms with Gasteiger partial charge in [-0.3, -0.25) is 0 Å². The Morgan fingerprint density at radius 3 is 1.98 bits per heavy atom. The Hall–Kier alpha value is -2.51. The normalized spacial score (nSPS) is 19.0. The molecule has 1 fully saturated rings. The monoisotopic (exact) mass is 975 g/mol. The summed E-state index contributed by atoms with van der Waals surface area (Å²) < 4.78 is 39.8. The zero-order chi connectivity index (χ0) is 49.1. The number of carbonyl (C=O) groups excluding carboxylic acids is 1. The van der Waals surface area contributed by atoms with Gasteiger partial charge in [0.2, 0.25) is 0 Å². The molecule has 66 heavy (non-hydrogen) atoms. The lowest BCUT2D eigenvalue weighted by Crippen LogP contribution is -2.67. The van der Waals surface area contributed by atoms with Gasteiger partial charge in [0.1, 0.15) is 6.10 Å². The fourth-order valence-corrected chi connectivity index (χ4v) is 15.8. The summed E-state index contributed by atoms with van der Waals surface area (Å²) in [6.07, 6.45) is 12.4. The van der Waals surface area contributed by atoms with Crippen LogP contribution in [0.1, 0.15) is 116 Å². The van der Waals surface area contributed by atoms with Gasteiger partial charge >= 0.3 is 5.97 Å². The number of benzene rings is 3. The maximum Gasteiger partial charge on any atom is 0.338 e. The summed E-state index contributed by atoms with van der Waals surface area (Å²) in [4.78, 5) is 13.8. The number of esters is 1. The lowest BCUT2D eigenvalue weighted by molar-refractivity contribution is -0.151. The number of ether oxygens (including phenoxy) is 3. The maximum absolute atomic E-state index is 13.8. The lowest BCUT2D eigenvalue weighted by atomic mass is 9.95. The molecular weight excluding hydrogens is 888 g/mol. The first-order valence-electron chi connectivity index (χ1n) is 24.4. The second-order valence-electron chi connectivity index (χ2n) is 22.7. The van der Waals surface area contributed by atoms with Gasteiger partial charge in [-0.15, -0.1) is 0 Å². The Balaban J connectivity index is 1.69. The van der Waals surface area contributed by atoms with Crippen molar-refractivity contribution in [3.05, 3.63) is 113 Å². The number of aryl methyl sites for hydroxylation is 2. The Bertz CT molecular complexity index is 1990. The molecule has 0 saturated carbocycles. The van der Waals surface area contributed by atoms with Gasteiger partial charge in [-0.1, -0.05) is 165 Å². The SMILES string of the molecule is COPCCCCc1cc(C)c(C(=O)OCC[Si](C)(C)C)c(/C=C/C[C@H]2OC(C)(C)O[C@@H]2C(/C=C\[C@H](C)[C@H](C)O[Si](c2ccccc2)(c2ccccc2)C(C)(C)C)O[Si](C)(C)C(C)(C)C)c1. The van der Waals surface area contributed by atoms with Crippen LogP contribution in [0.25, 0.3) is 6.08 Å². The average molecular weight is 976 g/mol. The molecule has 0 bridgehead atoms. The number of hydrogen-bond acceptors (Lipinski definition) is 7. The molecule has 3 aromatic rings. The Morgan fingerprint density at radius 2 is 1.44 bits per heavy atom. The Morgan fingerprint density at radius 1 is 0.833 bits per heavy atom. The van der Waals surface area contributed by atoms with E-state index in [-0.39, 0.29) is 46.4 Å². The smallest absolute Gasteiger partial charge is 0.338 e. The van der Waals surface area contributed by atoms with E-state index in [0.29, 0.717) is 27.4 Å².